The van der Waals surface area contributed by atoms with Crippen LogP contribution in [-0.2, 0) is 0 Å². The lowest BCUT2D eigenvalue weighted by Gasteiger charge is -2.07. The Labute approximate surface area is 187 Å². The van der Waals surface area contributed by atoms with Crippen molar-refractivity contribution in [2.75, 3.05) is 20.8 Å². The Bertz CT molecular complexity index is 1050. The van der Waals surface area contributed by atoms with Crippen LogP contribution in [0.1, 0.15) is 35.9 Å². The molecule has 2 aromatic carbocycles. The maximum atomic E-state index is 12.4. The summed E-state index contributed by atoms with van der Waals surface area (Å²) in [4.78, 5) is 20.8. The van der Waals surface area contributed by atoms with E-state index in [1.807, 2.05) is 24.3 Å². The normalized spacial score (nSPS) is 10.7. The molecule has 0 aliphatic carbocycles. The fourth-order valence-corrected chi connectivity index (χ4v) is 2.80. The molecule has 8 nitrogen and oxygen atoms in total. The average molecular weight is 434 g/mol. The van der Waals surface area contributed by atoms with Crippen molar-refractivity contribution in [3.63, 3.8) is 0 Å². The maximum absolute atomic E-state index is 12.4. The van der Waals surface area contributed by atoms with Gasteiger partial charge < -0.3 is 14.2 Å². The van der Waals surface area contributed by atoms with Crippen LogP contribution in [0.15, 0.2) is 59.8 Å². The van der Waals surface area contributed by atoms with Crippen molar-refractivity contribution in [2.24, 2.45) is 5.10 Å². The lowest BCUT2D eigenvalue weighted by molar-refractivity contribution is 0.0945. The quantitative estimate of drug-likeness (QED) is 0.293. The molecule has 0 unspecified atom stereocenters. The first kappa shape index (κ1) is 22.7. The first-order valence-corrected chi connectivity index (χ1v) is 10.3. The Morgan fingerprint density at radius 2 is 1.75 bits per heavy atom. The van der Waals surface area contributed by atoms with E-state index in [0.717, 1.165) is 24.2 Å². The molecule has 1 aromatic heterocycles. The van der Waals surface area contributed by atoms with Crippen molar-refractivity contribution in [3.8, 4) is 28.5 Å². The van der Waals surface area contributed by atoms with Crippen molar-refractivity contribution in [3.05, 3.63) is 66.1 Å². The minimum atomic E-state index is -0.516. The van der Waals surface area contributed by atoms with Gasteiger partial charge in [-0.3, -0.25) is 4.79 Å². The Morgan fingerprint density at radius 3 is 2.41 bits per heavy atom. The third kappa shape index (κ3) is 6.28. The fraction of sp³-hybridized carbons (Fsp3) is 0.250. The summed E-state index contributed by atoms with van der Waals surface area (Å²) in [5.74, 6) is 1.55. The molecule has 3 rings (SSSR count). The van der Waals surface area contributed by atoms with Crippen molar-refractivity contribution < 1.29 is 19.0 Å². The first-order chi connectivity index (χ1) is 15.6. The molecular formula is C24H26N4O4. The smallest absolute Gasteiger partial charge is 0.309 e. The number of rotatable bonds is 10. The van der Waals surface area contributed by atoms with Gasteiger partial charge in [0, 0.05) is 23.4 Å². The zero-order chi connectivity index (χ0) is 22.8. The van der Waals surface area contributed by atoms with Crippen LogP contribution in [0, 0.1) is 0 Å². The van der Waals surface area contributed by atoms with Crippen LogP contribution in [0.25, 0.3) is 11.3 Å². The van der Waals surface area contributed by atoms with Gasteiger partial charge >= 0.3 is 5.91 Å². The molecule has 8 heteroatoms. The molecule has 0 atom stereocenters. The number of hydrazone groups is 1. The SMILES string of the molecule is CCCCOc1ccc(-c2ccnc(C(=O)N/N=C/c3cc(OC)cc(OC)c3)n2)cc1. The monoisotopic (exact) mass is 434 g/mol. The third-order valence-corrected chi connectivity index (χ3v) is 4.53. The van der Waals surface area contributed by atoms with Crippen LogP contribution in [0.3, 0.4) is 0 Å². The van der Waals surface area contributed by atoms with E-state index >= 15 is 0 Å². The summed E-state index contributed by atoms with van der Waals surface area (Å²) < 4.78 is 16.1. The minimum absolute atomic E-state index is 0.0196. The highest BCUT2D eigenvalue weighted by atomic mass is 16.5. The molecule has 0 saturated heterocycles. The standard InChI is InChI=1S/C24H26N4O4/c1-4-5-12-32-19-8-6-18(7-9-19)22-10-11-25-23(27-22)24(29)28-26-16-17-13-20(30-2)15-21(14-17)31-3/h6-11,13-16H,4-5,12H2,1-3H3,(H,28,29)/b26-16+. The number of unbranched alkanes of at least 4 members (excludes halogenated alkanes) is 1. The molecule has 32 heavy (non-hydrogen) atoms. The van der Waals surface area contributed by atoms with Crippen molar-refractivity contribution >= 4 is 12.1 Å². The van der Waals surface area contributed by atoms with Crippen molar-refractivity contribution in [1.29, 1.82) is 0 Å². The Hall–Kier alpha value is -3.94. The van der Waals surface area contributed by atoms with Gasteiger partial charge in [-0.2, -0.15) is 5.10 Å². The number of nitrogens with zero attached hydrogens (tertiary/aromatic N) is 3. The lowest BCUT2D eigenvalue weighted by Crippen LogP contribution is -2.20. The number of benzene rings is 2. The molecule has 1 N–H and O–H groups in total. The fourth-order valence-electron chi connectivity index (χ4n) is 2.80. The van der Waals surface area contributed by atoms with Gasteiger partial charge in [0.1, 0.15) is 17.2 Å². The van der Waals surface area contributed by atoms with Crippen LogP contribution >= 0.6 is 0 Å². The molecule has 0 spiro atoms. The number of carbonyl (C=O) groups is 1. The third-order valence-electron chi connectivity index (χ3n) is 4.53. The van der Waals surface area contributed by atoms with Gasteiger partial charge in [-0.05, 0) is 48.9 Å². The molecule has 166 valence electrons. The molecular weight excluding hydrogens is 408 g/mol. The number of nitrogens with one attached hydrogen (secondary N) is 1. The van der Waals surface area contributed by atoms with Crippen molar-refractivity contribution in [1.82, 2.24) is 15.4 Å². The zero-order valence-corrected chi connectivity index (χ0v) is 18.4. The van der Waals surface area contributed by atoms with Gasteiger partial charge in [-0.25, -0.2) is 15.4 Å². The van der Waals surface area contributed by atoms with Gasteiger partial charge in [-0.1, -0.05) is 13.3 Å². The molecule has 0 saturated carbocycles. The Morgan fingerprint density at radius 1 is 1.03 bits per heavy atom. The second kappa shape index (κ2) is 11.5. The summed E-state index contributed by atoms with van der Waals surface area (Å²) in [6, 6.07) is 14.6. The van der Waals surface area contributed by atoms with E-state index < -0.39 is 5.91 Å². The van der Waals surface area contributed by atoms with E-state index in [-0.39, 0.29) is 5.82 Å². The summed E-state index contributed by atoms with van der Waals surface area (Å²) in [5, 5.41) is 3.99. The van der Waals surface area contributed by atoms with E-state index in [9.17, 15) is 4.79 Å². The van der Waals surface area contributed by atoms with Crippen LogP contribution in [0.5, 0.6) is 17.2 Å². The van der Waals surface area contributed by atoms with E-state index in [2.05, 4.69) is 27.4 Å². The molecule has 3 aromatic rings. The zero-order valence-electron chi connectivity index (χ0n) is 18.4. The number of carbonyl (C=O) groups excluding carboxylic acids is 1. The first-order valence-electron chi connectivity index (χ1n) is 10.3. The Balaban J connectivity index is 1.66. The summed E-state index contributed by atoms with van der Waals surface area (Å²) in [5.41, 5.74) is 4.64. The van der Waals surface area contributed by atoms with Gasteiger partial charge in [-0.15, -0.1) is 0 Å². The highest BCUT2D eigenvalue weighted by Gasteiger charge is 2.10. The number of hydrogen-bond donors (Lipinski definition) is 1. The molecule has 0 aliphatic heterocycles. The Kier molecular flexibility index (Phi) is 8.14. The molecule has 0 aliphatic rings. The number of methoxy groups -OCH3 is 2. The lowest BCUT2D eigenvalue weighted by atomic mass is 10.1. The van der Waals surface area contributed by atoms with Gasteiger partial charge in [0.15, 0.2) is 0 Å². The number of amides is 1. The van der Waals surface area contributed by atoms with E-state index in [1.165, 1.54) is 6.21 Å². The van der Waals surface area contributed by atoms with Crippen molar-refractivity contribution in [2.45, 2.75) is 19.8 Å². The van der Waals surface area contributed by atoms with Gasteiger partial charge in [0.2, 0.25) is 5.82 Å². The second-order valence-corrected chi connectivity index (χ2v) is 6.84. The van der Waals surface area contributed by atoms with Gasteiger partial charge in [0.25, 0.3) is 0 Å². The van der Waals surface area contributed by atoms with E-state index in [0.29, 0.717) is 29.4 Å². The number of aromatic nitrogens is 2. The molecule has 1 amide bonds. The van der Waals surface area contributed by atoms with Crippen LogP contribution in [-0.4, -0.2) is 42.9 Å². The molecule has 1 heterocycles. The second-order valence-electron chi connectivity index (χ2n) is 6.84. The number of hydrogen-bond acceptors (Lipinski definition) is 7. The topological polar surface area (TPSA) is 94.9 Å². The summed E-state index contributed by atoms with van der Waals surface area (Å²) >= 11 is 0. The maximum Gasteiger partial charge on any atom is 0.309 e. The predicted molar refractivity (Wildman–Crippen MR) is 122 cm³/mol. The summed E-state index contributed by atoms with van der Waals surface area (Å²) in [6.45, 7) is 2.81. The molecule has 0 radical (unpaired) electrons. The van der Waals surface area contributed by atoms with E-state index in [4.69, 9.17) is 14.2 Å². The van der Waals surface area contributed by atoms with Gasteiger partial charge in [0.05, 0.1) is 32.7 Å². The average Bonchev–Trinajstić information content (AvgIpc) is 2.84. The highest BCUT2D eigenvalue weighted by Crippen LogP contribution is 2.22. The molecule has 0 bridgehead atoms. The highest BCUT2D eigenvalue weighted by molar-refractivity contribution is 5.92. The predicted octanol–water partition coefficient (Wildman–Crippen LogP) is 4.10. The minimum Gasteiger partial charge on any atom is -0.497 e. The van der Waals surface area contributed by atoms with Crippen LogP contribution in [0.4, 0.5) is 0 Å². The summed E-state index contributed by atoms with van der Waals surface area (Å²) in [7, 11) is 3.13. The number of ether oxygens (including phenoxy) is 3. The largest absolute Gasteiger partial charge is 0.497 e. The van der Waals surface area contributed by atoms with Crippen LogP contribution in [0.2, 0.25) is 0 Å². The summed E-state index contributed by atoms with van der Waals surface area (Å²) in [6.07, 6.45) is 5.13. The van der Waals surface area contributed by atoms with Crippen LogP contribution < -0.4 is 19.6 Å². The molecule has 0 fully saturated rings. The van der Waals surface area contributed by atoms with E-state index in [1.54, 1.807) is 44.7 Å².